The lowest BCUT2D eigenvalue weighted by atomic mass is 10.1. The molecular formula is C18H16N2OS. The maximum atomic E-state index is 12.3. The van der Waals surface area contributed by atoms with Gasteiger partial charge in [0.25, 0.3) is 5.91 Å². The highest BCUT2D eigenvalue weighted by molar-refractivity contribution is 7.08. The van der Waals surface area contributed by atoms with Crippen LogP contribution in [-0.4, -0.2) is 5.91 Å². The summed E-state index contributed by atoms with van der Waals surface area (Å²) in [4.78, 5) is 12.3. The first-order chi connectivity index (χ1) is 10.6. The Morgan fingerprint density at radius 3 is 2.50 bits per heavy atom. The molecule has 3 aromatic rings. The highest BCUT2D eigenvalue weighted by atomic mass is 32.1. The summed E-state index contributed by atoms with van der Waals surface area (Å²) in [6.07, 6.45) is 0. The molecule has 0 radical (unpaired) electrons. The summed E-state index contributed by atoms with van der Waals surface area (Å²) in [6.45, 7) is 1.99. The van der Waals surface area contributed by atoms with Crippen LogP contribution in [-0.2, 0) is 0 Å². The predicted octanol–water partition coefficient (Wildman–Crippen LogP) is 4.56. The number of carbonyl (C=O) groups excluding carboxylic acids is 1. The number of anilines is 2. The van der Waals surface area contributed by atoms with Crippen molar-refractivity contribution in [3.8, 4) is 11.1 Å². The summed E-state index contributed by atoms with van der Waals surface area (Å²) in [5.74, 6) is -0.158. The van der Waals surface area contributed by atoms with Crippen LogP contribution in [0.5, 0.6) is 0 Å². The highest BCUT2D eigenvalue weighted by Gasteiger charge is 2.09. The number of amides is 1. The van der Waals surface area contributed by atoms with Crippen LogP contribution in [0.4, 0.5) is 11.4 Å². The molecule has 0 atom stereocenters. The topological polar surface area (TPSA) is 55.1 Å². The molecular weight excluding hydrogens is 292 g/mol. The SMILES string of the molecule is Cc1ccc(C(=O)Nc2cc(-c3ccsc3)ccc2N)cc1. The quantitative estimate of drug-likeness (QED) is 0.697. The van der Waals surface area contributed by atoms with Gasteiger partial charge >= 0.3 is 0 Å². The smallest absolute Gasteiger partial charge is 0.255 e. The molecule has 1 amide bonds. The Kier molecular flexibility index (Phi) is 3.94. The first-order valence-corrected chi connectivity index (χ1v) is 7.88. The van der Waals surface area contributed by atoms with E-state index in [1.807, 2.05) is 60.8 Å². The number of nitrogens with one attached hydrogen (secondary N) is 1. The Hall–Kier alpha value is -2.59. The van der Waals surface area contributed by atoms with Crippen LogP contribution in [0, 0.1) is 6.92 Å². The highest BCUT2D eigenvalue weighted by Crippen LogP contribution is 2.28. The van der Waals surface area contributed by atoms with E-state index < -0.39 is 0 Å². The van der Waals surface area contributed by atoms with E-state index in [2.05, 4.69) is 10.7 Å². The molecule has 22 heavy (non-hydrogen) atoms. The predicted molar refractivity (Wildman–Crippen MR) is 93.3 cm³/mol. The molecule has 0 saturated carbocycles. The van der Waals surface area contributed by atoms with Gasteiger partial charge in [-0.2, -0.15) is 11.3 Å². The van der Waals surface area contributed by atoms with Gasteiger partial charge in [-0.25, -0.2) is 0 Å². The van der Waals surface area contributed by atoms with Gasteiger partial charge in [0.2, 0.25) is 0 Å². The second kappa shape index (κ2) is 6.03. The fraction of sp³-hybridized carbons (Fsp3) is 0.0556. The van der Waals surface area contributed by atoms with Crippen LogP contribution >= 0.6 is 11.3 Å². The summed E-state index contributed by atoms with van der Waals surface area (Å²) in [5, 5.41) is 6.98. The maximum Gasteiger partial charge on any atom is 0.255 e. The third kappa shape index (κ3) is 3.02. The fourth-order valence-corrected chi connectivity index (χ4v) is 2.84. The van der Waals surface area contributed by atoms with Crippen LogP contribution in [0.15, 0.2) is 59.3 Å². The van der Waals surface area contributed by atoms with E-state index in [4.69, 9.17) is 5.73 Å². The van der Waals surface area contributed by atoms with E-state index in [1.54, 1.807) is 11.3 Å². The van der Waals surface area contributed by atoms with E-state index in [0.29, 0.717) is 16.9 Å². The van der Waals surface area contributed by atoms with Gasteiger partial charge < -0.3 is 11.1 Å². The van der Waals surface area contributed by atoms with Crippen LogP contribution < -0.4 is 11.1 Å². The van der Waals surface area contributed by atoms with Crippen molar-refractivity contribution in [2.24, 2.45) is 0 Å². The zero-order chi connectivity index (χ0) is 15.5. The van der Waals surface area contributed by atoms with E-state index in [1.165, 1.54) is 0 Å². The average Bonchev–Trinajstić information content (AvgIpc) is 3.04. The van der Waals surface area contributed by atoms with E-state index >= 15 is 0 Å². The molecule has 2 aromatic carbocycles. The molecule has 1 aromatic heterocycles. The van der Waals surface area contributed by atoms with Gasteiger partial charge in [0, 0.05) is 5.56 Å². The Morgan fingerprint density at radius 1 is 1.05 bits per heavy atom. The van der Waals surface area contributed by atoms with Gasteiger partial charge in [-0.3, -0.25) is 4.79 Å². The van der Waals surface area contributed by atoms with Crippen molar-refractivity contribution in [2.75, 3.05) is 11.1 Å². The molecule has 0 spiro atoms. The number of thiophene rings is 1. The normalized spacial score (nSPS) is 10.4. The molecule has 0 aliphatic carbocycles. The van der Waals surface area contributed by atoms with Crippen LogP contribution in [0.2, 0.25) is 0 Å². The minimum Gasteiger partial charge on any atom is -0.397 e. The number of rotatable bonds is 3. The molecule has 0 aliphatic heterocycles. The second-order valence-electron chi connectivity index (χ2n) is 5.13. The molecule has 0 fully saturated rings. The minimum absolute atomic E-state index is 0.158. The molecule has 0 saturated heterocycles. The van der Waals surface area contributed by atoms with Crippen molar-refractivity contribution in [1.29, 1.82) is 0 Å². The van der Waals surface area contributed by atoms with Crippen LogP contribution in [0.3, 0.4) is 0 Å². The largest absolute Gasteiger partial charge is 0.397 e. The summed E-state index contributed by atoms with van der Waals surface area (Å²) in [7, 11) is 0. The molecule has 0 aliphatic rings. The number of hydrogen-bond acceptors (Lipinski definition) is 3. The minimum atomic E-state index is -0.158. The summed E-state index contributed by atoms with van der Waals surface area (Å²) >= 11 is 1.64. The Balaban J connectivity index is 1.87. The number of nitrogens with two attached hydrogens (primary N) is 1. The van der Waals surface area contributed by atoms with E-state index in [0.717, 1.165) is 16.7 Å². The van der Waals surface area contributed by atoms with Crippen molar-refractivity contribution in [2.45, 2.75) is 6.92 Å². The molecule has 0 unspecified atom stereocenters. The van der Waals surface area contributed by atoms with Gasteiger partial charge in [0.15, 0.2) is 0 Å². The van der Waals surface area contributed by atoms with Crippen LogP contribution in [0.1, 0.15) is 15.9 Å². The van der Waals surface area contributed by atoms with E-state index in [9.17, 15) is 4.79 Å². The molecule has 3 nitrogen and oxygen atoms in total. The standard InChI is InChI=1S/C18H16N2OS/c1-12-2-4-13(5-3-12)18(21)20-17-10-14(6-7-16(17)19)15-8-9-22-11-15/h2-11H,19H2,1H3,(H,20,21). The Labute approximate surface area is 133 Å². The number of hydrogen-bond donors (Lipinski definition) is 2. The molecule has 3 N–H and O–H groups in total. The van der Waals surface area contributed by atoms with Gasteiger partial charge in [-0.05, 0) is 59.1 Å². The Morgan fingerprint density at radius 2 is 1.82 bits per heavy atom. The first-order valence-electron chi connectivity index (χ1n) is 6.93. The second-order valence-corrected chi connectivity index (χ2v) is 5.91. The average molecular weight is 308 g/mol. The monoisotopic (exact) mass is 308 g/mol. The first kappa shape index (κ1) is 14.4. The van der Waals surface area contributed by atoms with Gasteiger partial charge in [0.05, 0.1) is 11.4 Å². The number of nitrogen functional groups attached to an aromatic ring is 1. The number of benzene rings is 2. The molecule has 3 rings (SSSR count). The summed E-state index contributed by atoms with van der Waals surface area (Å²) < 4.78 is 0. The lowest BCUT2D eigenvalue weighted by Crippen LogP contribution is -2.13. The summed E-state index contributed by atoms with van der Waals surface area (Å²) in [6, 6.07) is 15.2. The van der Waals surface area contributed by atoms with Crippen molar-refractivity contribution in [3.05, 3.63) is 70.4 Å². The van der Waals surface area contributed by atoms with Crippen molar-refractivity contribution < 1.29 is 4.79 Å². The lowest BCUT2D eigenvalue weighted by molar-refractivity contribution is 0.102. The van der Waals surface area contributed by atoms with Gasteiger partial charge in [-0.15, -0.1) is 0 Å². The Bertz CT molecular complexity index is 792. The van der Waals surface area contributed by atoms with Crippen LogP contribution in [0.25, 0.3) is 11.1 Å². The third-order valence-corrected chi connectivity index (χ3v) is 4.15. The maximum absolute atomic E-state index is 12.3. The van der Waals surface area contributed by atoms with Crippen molar-refractivity contribution in [3.63, 3.8) is 0 Å². The van der Waals surface area contributed by atoms with Gasteiger partial charge in [-0.1, -0.05) is 23.8 Å². The molecule has 0 bridgehead atoms. The fourth-order valence-electron chi connectivity index (χ4n) is 2.17. The zero-order valence-corrected chi connectivity index (χ0v) is 13.0. The molecule has 1 heterocycles. The van der Waals surface area contributed by atoms with Crippen molar-refractivity contribution in [1.82, 2.24) is 0 Å². The zero-order valence-electron chi connectivity index (χ0n) is 12.2. The van der Waals surface area contributed by atoms with Gasteiger partial charge in [0.1, 0.15) is 0 Å². The molecule has 110 valence electrons. The third-order valence-electron chi connectivity index (χ3n) is 3.47. The molecule has 4 heteroatoms. The summed E-state index contributed by atoms with van der Waals surface area (Å²) in [5.41, 5.74) is 11.1. The number of aryl methyl sites for hydroxylation is 1. The van der Waals surface area contributed by atoms with Crippen molar-refractivity contribution >= 4 is 28.6 Å². The lowest BCUT2D eigenvalue weighted by Gasteiger charge is -2.10. The number of carbonyl (C=O) groups is 1. The van der Waals surface area contributed by atoms with E-state index in [-0.39, 0.29) is 5.91 Å².